The summed E-state index contributed by atoms with van der Waals surface area (Å²) >= 11 is 0. The molecule has 2 aromatic carbocycles. The minimum atomic E-state index is -0.358. The van der Waals surface area contributed by atoms with Crippen molar-refractivity contribution >= 4 is 0 Å². The van der Waals surface area contributed by atoms with Gasteiger partial charge in [0.1, 0.15) is 5.82 Å². The van der Waals surface area contributed by atoms with Crippen LogP contribution in [0.2, 0.25) is 0 Å². The summed E-state index contributed by atoms with van der Waals surface area (Å²) in [5, 5.41) is 0. The number of rotatable bonds is 3. The third-order valence-corrected chi connectivity index (χ3v) is 3.97. The van der Waals surface area contributed by atoms with E-state index in [1.807, 2.05) is 42.1 Å². The van der Waals surface area contributed by atoms with E-state index in [1.54, 1.807) is 12.1 Å². The Morgan fingerprint density at radius 3 is 2.30 bits per heavy atom. The molecule has 0 radical (unpaired) electrons. The average Bonchev–Trinajstić information content (AvgIpc) is 2.79. The highest BCUT2D eigenvalue weighted by molar-refractivity contribution is 5.66. The highest BCUT2D eigenvalue weighted by Gasteiger charge is 2.22. The Balaban J connectivity index is 2.34. The molecule has 0 N–H and O–H groups in total. The van der Waals surface area contributed by atoms with E-state index in [2.05, 4.69) is 13.8 Å². The van der Waals surface area contributed by atoms with Crippen LogP contribution in [-0.2, 0) is 7.05 Å². The van der Waals surface area contributed by atoms with E-state index in [0.717, 1.165) is 11.3 Å². The number of nitrogens with zero attached hydrogens (tertiary/aromatic N) is 2. The number of halogens is 1. The maximum Gasteiger partial charge on any atom is 0.279 e. The van der Waals surface area contributed by atoms with Gasteiger partial charge in [-0.1, -0.05) is 50.2 Å². The summed E-state index contributed by atoms with van der Waals surface area (Å²) in [5.74, 6) is -0.194. The molecule has 1 heterocycles. The van der Waals surface area contributed by atoms with Crippen molar-refractivity contribution < 1.29 is 4.39 Å². The van der Waals surface area contributed by atoms with Gasteiger partial charge in [-0.3, -0.25) is 9.48 Å². The molecule has 3 nitrogen and oxygen atoms in total. The molecule has 0 atom stereocenters. The molecule has 0 fully saturated rings. The molecule has 0 aliphatic heterocycles. The van der Waals surface area contributed by atoms with Crippen LogP contribution in [-0.4, -0.2) is 9.36 Å². The fourth-order valence-corrected chi connectivity index (χ4v) is 3.06. The van der Waals surface area contributed by atoms with E-state index in [-0.39, 0.29) is 17.3 Å². The summed E-state index contributed by atoms with van der Waals surface area (Å²) in [6.07, 6.45) is 0. The standard InChI is InChI=1S/C19H19FN2O/c1-13(2)18-17(14-8-5-4-6-9-14)19(23)22(21(18)3)16-11-7-10-15(20)12-16/h4-13H,1-3H3. The second-order valence-corrected chi connectivity index (χ2v) is 5.90. The van der Waals surface area contributed by atoms with E-state index in [0.29, 0.717) is 11.3 Å². The lowest BCUT2D eigenvalue weighted by Crippen LogP contribution is -2.20. The molecule has 0 aliphatic rings. The lowest BCUT2D eigenvalue weighted by atomic mass is 10.00. The van der Waals surface area contributed by atoms with Crippen molar-refractivity contribution in [1.82, 2.24) is 9.36 Å². The van der Waals surface area contributed by atoms with Gasteiger partial charge >= 0.3 is 0 Å². The minimum absolute atomic E-state index is 0.131. The van der Waals surface area contributed by atoms with Crippen molar-refractivity contribution in [3.05, 3.63) is 76.5 Å². The zero-order chi connectivity index (χ0) is 16.6. The number of hydrogen-bond donors (Lipinski definition) is 0. The van der Waals surface area contributed by atoms with Crippen LogP contribution in [0.4, 0.5) is 4.39 Å². The van der Waals surface area contributed by atoms with Crippen LogP contribution in [0.15, 0.2) is 59.4 Å². The Morgan fingerprint density at radius 1 is 1.00 bits per heavy atom. The highest BCUT2D eigenvalue weighted by Crippen LogP contribution is 2.27. The molecule has 0 spiro atoms. The molecule has 0 amide bonds. The number of benzene rings is 2. The van der Waals surface area contributed by atoms with Crippen molar-refractivity contribution in [2.45, 2.75) is 19.8 Å². The lowest BCUT2D eigenvalue weighted by Gasteiger charge is -2.13. The summed E-state index contributed by atoms with van der Waals surface area (Å²) in [4.78, 5) is 13.0. The molecule has 0 aliphatic carbocycles. The maximum atomic E-state index is 13.6. The SMILES string of the molecule is CC(C)c1c(-c2ccccc2)c(=O)n(-c2cccc(F)c2)n1C. The average molecular weight is 310 g/mol. The first kappa shape index (κ1) is 15.3. The molecule has 23 heavy (non-hydrogen) atoms. The van der Waals surface area contributed by atoms with E-state index >= 15 is 0 Å². The zero-order valence-corrected chi connectivity index (χ0v) is 13.5. The summed E-state index contributed by atoms with van der Waals surface area (Å²) in [6, 6.07) is 15.7. The van der Waals surface area contributed by atoms with Gasteiger partial charge in [-0.2, -0.15) is 0 Å². The van der Waals surface area contributed by atoms with Crippen molar-refractivity contribution in [1.29, 1.82) is 0 Å². The third kappa shape index (κ3) is 2.61. The summed E-state index contributed by atoms with van der Waals surface area (Å²) < 4.78 is 16.9. The Kier molecular flexibility index (Phi) is 3.90. The van der Waals surface area contributed by atoms with Crippen LogP contribution < -0.4 is 5.56 Å². The summed E-state index contributed by atoms with van der Waals surface area (Å²) in [6.45, 7) is 4.11. The van der Waals surface area contributed by atoms with Crippen molar-refractivity contribution in [3.63, 3.8) is 0 Å². The van der Waals surface area contributed by atoms with Gasteiger partial charge in [0, 0.05) is 7.05 Å². The van der Waals surface area contributed by atoms with Crippen LogP contribution >= 0.6 is 0 Å². The second kappa shape index (κ2) is 5.88. The zero-order valence-electron chi connectivity index (χ0n) is 13.5. The van der Waals surface area contributed by atoms with Gasteiger partial charge < -0.3 is 0 Å². The largest absolute Gasteiger partial charge is 0.284 e. The van der Waals surface area contributed by atoms with E-state index in [1.165, 1.54) is 16.8 Å². The molecule has 0 bridgehead atoms. The molecular weight excluding hydrogens is 291 g/mol. The van der Waals surface area contributed by atoms with Gasteiger partial charge in [-0.25, -0.2) is 9.07 Å². The van der Waals surface area contributed by atoms with Gasteiger partial charge in [-0.05, 0) is 29.7 Å². The van der Waals surface area contributed by atoms with Gasteiger partial charge in [0.2, 0.25) is 0 Å². The van der Waals surface area contributed by atoms with E-state index in [4.69, 9.17) is 0 Å². The predicted octanol–water partition coefficient (Wildman–Crippen LogP) is 4.11. The fraction of sp³-hybridized carbons (Fsp3) is 0.211. The van der Waals surface area contributed by atoms with Gasteiger partial charge in [0.25, 0.3) is 5.56 Å². The second-order valence-electron chi connectivity index (χ2n) is 5.90. The monoisotopic (exact) mass is 310 g/mol. The molecule has 0 unspecified atom stereocenters. The number of hydrogen-bond acceptors (Lipinski definition) is 1. The topological polar surface area (TPSA) is 26.9 Å². The fourth-order valence-electron chi connectivity index (χ4n) is 3.06. The van der Waals surface area contributed by atoms with Crippen molar-refractivity contribution in [2.24, 2.45) is 7.05 Å². The summed E-state index contributed by atoms with van der Waals surface area (Å²) in [7, 11) is 1.84. The van der Waals surface area contributed by atoms with Gasteiger partial charge in [0.15, 0.2) is 0 Å². The first-order valence-corrected chi connectivity index (χ1v) is 7.64. The van der Waals surface area contributed by atoms with Crippen LogP contribution in [0.1, 0.15) is 25.5 Å². The lowest BCUT2D eigenvalue weighted by molar-refractivity contribution is 0.586. The molecule has 3 aromatic rings. The molecule has 4 heteroatoms. The first-order valence-electron chi connectivity index (χ1n) is 7.64. The molecular formula is C19H19FN2O. The molecule has 118 valence electrons. The summed E-state index contributed by atoms with van der Waals surface area (Å²) in [5.41, 5.74) is 2.89. The quantitative estimate of drug-likeness (QED) is 0.715. The molecule has 1 aromatic heterocycles. The van der Waals surface area contributed by atoms with E-state index in [9.17, 15) is 9.18 Å². The van der Waals surface area contributed by atoms with Crippen molar-refractivity contribution in [2.75, 3.05) is 0 Å². The minimum Gasteiger partial charge on any atom is -0.284 e. The maximum absolute atomic E-state index is 13.6. The van der Waals surface area contributed by atoms with Crippen LogP contribution in [0.5, 0.6) is 0 Å². The Hall–Kier alpha value is -2.62. The van der Waals surface area contributed by atoms with Crippen LogP contribution in [0.25, 0.3) is 16.8 Å². The number of aromatic nitrogens is 2. The molecule has 0 saturated heterocycles. The smallest absolute Gasteiger partial charge is 0.279 e. The Bertz CT molecular complexity index is 891. The molecule has 0 saturated carbocycles. The highest BCUT2D eigenvalue weighted by atomic mass is 19.1. The normalized spacial score (nSPS) is 11.2. The van der Waals surface area contributed by atoms with Gasteiger partial charge in [0.05, 0.1) is 16.9 Å². The van der Waals surface area contributed by atoms with Crippen LogP contribution in [0.3, 0.4) is 0 Å². The van der Waals surface area contributed by atoms with E-state index < -0.39 is 0 Å². The van der Waals surface area contributed by atoms with Crippen molar-refractivity contribution in [3.8, 4) is 16.8 Å². The Labute approximate surface area is 134 Å². The van der Waals surface area contributed by atoms with Crippen LogP contribution in [0, 0.1) is 5.82 Å². The predicted molar refractivity (Wildman–Crippen MR) is 90.5 cm³/mol. The Morgan fingerprint density at radius 2 is 1.70 bits per heavy atom. The third-order valence-electron chi connectivity index (χ3n) is 3.97. The van der Waals surface area contributed by atoms with Gasteiger partial charge in [-0.15, -0.1) is 0 Å². The molecule has 3 rings (SSSR count). The first-order chi connectivity index (χ1) is 11.0.